The average molecular weight is 222 g/mol. The smallest absolute Gasteiger partial charge is 0.152 e. The van der Waals surface area contributed by atoms with E-state index in [4.69, 9.17) is 4.74 Å². The molecule has 0 aromatic carbocycles. The Morgan fingerprint density at radius 1 is 1.19 bits per heavy atom. The monoisotopic (exact) mass is 222 g/mol. The van der Waals surface area contributed by atoms with Crippen LogP contribution in [0.3, 0.4) is 0 Å². The summed E-state index contributed by atoms with van der Waals surface area (Å²) < 4.78 is 6.11. The molecule has 0 spiro atoms. The number of carbonyl (C=O) groups excluding carboxylic acids is 1. The van der Waals surface area contributed by atoms with Gasteiger partial charge in [-0.25, -0.2) is 0 Å². The van der Waals surface area contributed by atoms with E-state index in [-0.39, 0.29) is 22.4 Å². The first kappa shape index (κ1) is 11.8. The predicted octanol–water partition coefficient (Wildman–Crippen LogP) is 3.26. The van der Waals surface area contributed by atoms with Crippen molar-refractivity contribution in [1.29, 1.82) is 0 Å². The molecule has 0 unspecified atom stereocenters. The highest BCUT2D eigenvalue weighted by atomic mass is 16.6. The van der Waals surface area contributed by atoms with Crippen molar-refractivity contribution in [2.75, 3.05) is 0 Å². The van der Waals surface area contributed by atoms with Crippen LogP contribution < -0.4 is 0 Å². The van der Waals surface area contributed by atoms with E-state index in [0.29, 0.717) is 0 Å². The number of fused-ring (bicyclic) bond motifs is 1. The number of epoxide rings is 1. The standard InChI is InChI=1S/C14H22O2/c1-10(9-11(2)15)14-12(3,4)7-6-8-13(14,5)16-14/h9H,6-8H2,1-5H3/b10-9+/t13-,14+/m0/s1. The summed E-state index contributed by atoms with van der Waals surface area (Å²) in [5.41, 5.74) is 1.01. The zero-order chi connectivity index (χ0) is 12.2. The lowest BCUT2D eigenvalue weighted by Gasteiger charge is -2.39. The third-order valence-corrected chi connectivity index (χ3v) is 4.47. The molecule has 2 nitrogen and oxygen atoms in total. The lowest BCUT2D eigenvalue weighted by atomic mass is 9.61. The summed E-state index contributed by atoms with van der Waals surface area (Å²) in [6.45, 7) is 10.4. The van der Waals surface area contributed by atoms with Crippen molar-refractivity contribution in [3.8, 4) is 0 Å². The van der Waals surface area contributed by atoms with Crippen molar-refractivity contribution in [2.24, 2.45) is 5.41 Å². The first-order chi connectivity index (χ1) is 7.25. The molecule has 0 N–H and O–H groups in total. The van der Waals surface area contributed by atoms with Gasteiger partial charge in [0.05, 0.1) is 0 Å². The fourth-order valence-corrected chi connectivity index (χ4v) is 3.87. The molecule has 1 aliphatic carbocycles. The summed E-state index contributed by atoms with van der Waals surface area (Å²) in [5.74, 6) is 0.117. The SMILES string of the molecule is CC(=O)/C=C(\C)[C@]12O[C@@]1(C)CCCC2(C)C. The minimum Gasteiger partial charge on any atom is -0.357 e. The number of hydrogen-bond donors (Lipinski definition) is 0. The van der Waals surface area contributed by atoms with E-state index in [1.165, 1.54) is 12.8 Å². The van der Waals surface area contributed by atoms with Gasteiger partial charge in [-0.1, -0.05) is 13.8 Å². The molecule has 1 saturated carbocycles. The summed E-state index contributed by atoms with van der Waals surface area (Å²) in [6.07, 6.45) is 5.25. The fourth-order valence-electron chi connectivity index (χ4n) is 3.87. The van der Waals surface area contributed by atoms with Crippen molar-refractivity contribution in [1.82, 2.24) is 0 Å². The Morgan fingerprint density at radius 2 is 1.81 bits per heavy atom. The van der Waals surface area contributed by atoms with E-state index in [1.54, 1.807) is 13.0 Å². The van der Waals surface area contributed by atoms with Crippen molar-refractivity contribution < 1.29 is 9.53 Å². The second-order valence-corrected chi connectivity index (χ2v) is 6.19. The van der Waals surface area contributed by atoms with E-state index in [0.717, 1.165) is 12.0 Å². The number of hydrogen-bond acceptors (Lipinski definition) is 2. The topological polar surface area (TPSA) is 29.6 Å². The Labute approximate surface area is 98.1 Å². The summed E-state index contributed by atoms with van der Waals surface area (Å²) in [6, 6.07) is 0. The molecule has 2 aliphatic rings. The van der Waals surface area contributed by atoms with Crippen molar-refractivity contribution in [3.05, 3.63) is 11.6 Å². The molecule has 0 amide bonds. The van der Waals surface area contributed by atoms with Crippen molar-refractivity contribution in [2.45, 2.75) is 65.1 Å². The minimum atomic E-state index is -0.191. The quantitative estimate of drug-likeness (QED) is 0.530. The van der Waals surface area contributed by atoms with E-state index in [9.17, 15) is 4.79 Å². The third kappa shape index (κ3) is 1.32. The molecule has 0 aromatic rings. The summed E-state index contributed by atoms with van der Waals surface area (Å²) >= 11 is 0. The van der Waals surface area contributed by atoms with Crippen LogP contribution in [-0.2, 0) is 9.53 Å². The maximum Gasteiger partial charge on any atom is 0.152 e. The molecule has 0 radical (unpaired) electrons. The molecular weight excluding hydrogens is 200 g/mol. The Balaban J connectivity index is 2.41. The van der Waals surface area contributed by atoms with Gasteiger partial charge in [-0.15, -0.1) is 0 Å². The molecule has 1 saturated heterocycles. The Bertz CT molecular complexity index is 367. The molecule has 2 atom stereocenters. The van der Waals surface area contributed by atoms with Gasteiger partial charge in [0.25, 0.3) is 0 Å². The largest absolute Gasteiger partial charge is 0.357 e. The van der Waals surface area contributed by atoms with Crippen LogP contribution in [0.5, 0.6) is 0 Å². The van der Waals surface area contributed by atoms with Crippen LogP contribution in [0.15, 0.2) is 11.6 Å². The van der Waals surface area contributed by atoms with Crippen LogP contribution in [-0.4, -0.2) is 17.0 Å². The molecule has 0 bridgehead atoms. The Kier molecular flexibility index (Phi) is 2.36. The Morgan fingerprint density at radius 3 is 2.31 bits per heavy atom. The van der Waals surface area contributed by atoms with E-state index in [1.807, 2.05) is 6.92 Å². The molecule has 2 heteroatoms. The molecule has 1 aliphatic heterocycles. The molecule has 16 heavy (non-hydrogen) atoms. The van der Waals surface area contributed by atoms with Gasteiger partial charge in [0.2, 0.25) is 0 Å². The highest BCUT2D eigenvalue weighted by molar-refractivity contribution is 5.88. The normalized spacial score (nSPS) is 41.4. The maximum absolute atomic E-state index is 11.2. The maximum atomic E-state index is 11.2. The van der Waals surface area contributed by atoms with Crippen LogP contribution in [0.2, 0.25) is 0 Å². The van der Waals surface area contributed by atoms with E-state index >= 15 is 0 Å². The lowest BCUT2D eigenvalue weighted by Crippen LogP contribution is -2.43. The van der Waals surface area contributed by atoms with Crippen LogP contribution in [0.25, 0.3) is 0 Å². The van der Waals surface area contributed by atoms with Crippen LogP contribution >= 0.6 is 0 Å². The minimum absolute atomic E-state index is 0.0369. The summed E-state index contributed by atoms with van der Waals surface area (Å²) in [7, 11) is 0. The van der Waals surface area contributed by atoms with Crippen molar-refractivity contribution >= 4 is 5.78 Å². The number of allylic oxidation sites excluding steroid dienone is 1. The lowest BCUT2D eigenvalue weighted by molar-refractivity contribution is -0.112. The van der Waals surface area contributed by atoms with E-state index in [2.05, 4.69) is 20.8 Å². The van der Waals surface area contributed by atoms with E-state index < -0.39 is 0 Å². The number of ether oxygens (including phenoxy) is 1. The van der Waals surface area contributed by atoms with Gasteiger partial charge in [0.15, 0.2) is 5.78 Å². The van der Waals surface area contributed by atoms with Gasteiger partial charge in [-0.3, -0.25) is 4.79 Å². The molecular formula is C14H22O2. The van der Waals surface area contributed by atoms with Crippen molar-refractivity contribution in [3.63, 3.8) is 0 Å². The zero-order valence-corrected chi connectivity index (χ0v) is 11.0. The van der Waals surface area contributed by atoms with Crippen LogP contribution in [0, 0.1) is 5.41 Å². The highest BCUT2D eigenvalue weighted by Gasteiger charge is 2.75. The Hall–Kier alpha value is -0.630. The second kappa shape index (κ2) is 3.19. The molecule has 1 heterocycles. The summed E-state index contributed by atoms with van der Waals surface area (Å²) in [4.78, 5) is 11.2. The number of carbonyl (C=O) groups is 1. The van der Waals surface area contributed by atoms with Crippen LogP contribution in [0.4, 0.5) is 0 Å². The van der Waals surface area contributed by atoms with Gasteiger partial charge in [-0.05, 0) is 51.7 Å². The zero-order valence-electron chi connectivity index (χ0n) is 11.0. The highest BCUT2D eigenvalue weighted by Crippen LogP contribution is 2.68. The van der Waals surface area contributed by atoms with Crippen LogP contribution in [0.1, 0.15) is 53.9 Å². The fraction of sp³-hybridized carbons (Fsp3) is 0.786. The molecule has 0 aromatic heterocycles. The summed E-state index contributed by atoms with van der Waals surface area (Å²) in [5, 5.41) is 0. The number of rotatable bonds is 2. The van der Waals surface area contributed by atoms with Gasteiger partial charge in [-0.2, -0.15) is 0 Å². The van der Waals surface area contributed by atoms with Gasteiger partial charge < -0.3 is 4.74 Å². The number of ketones is 1. The third-order valence-electron chi connectivity index (χ3n) is 4.47. The second-order valence-electron chi connectivity index (χ2n) is 6.19. The first-order valence-corrected chi connectivity index (χ1v) is 6.15. The molecule has 90 valence electrons. The molecule has 2 fully saturated rings. The first-order valence-electron chi connectivity index (χ1n) is 6.15. The predicted molar refractivity (Wildman–Crippen MR) is 64.3 cm³/mol. The van der Waals surface area contributed by atoms with Gasteiger partial charge in [0, 0.05) is 5.41 Å². The molecule has 2 rings (SSSR count). The average Bonchev–Trinajstić information content (AvgIpc) is 2.73. The van der Waals surface area contributed by atoms with Gasteiger partial charge >= 0.3 is 0 Å². The van der Waals surface area contributed by atoms with Gasteiger partial charge in [0.1, 0.15) is 11.2 Å².